The minimum absolute atomic E-state index is 0.230. The molecule has 0 saturated heterocycles. The Bertz CT molecular complexity index is 934. The molecule has 0 aromatic heterocycles. The highest BCUT2D eigenvalue weighted by atomic mass is 32.2. The van der Waals surface area contributed by atoms with Gasteiger partial charge in [0.2, 0.25) is 0 Å². The number of methoxy groups -OCH3 is 1. The smallest absolute Gasteiger partial charge is 0.348 e. The fraction of sp³-hybridized carbons (Fsp3) is 0.176. The van der Waals surface area contributed by atoms with Gasteiger partial charge in [0, 0.05) is 5.69 Å². The maximum atomic E-state index is 12.3. The molecule has 2 amide bonds. The van der Waals surface area contributed by atoms with Crippen molar-refractivity contribution in [3.8, 4) is 5.75 Å². The largest absolute Gasteiger partial charge is 0.497 e. The highest BCUT2D eigenvalue weighted by Gasteiger charge is 2.33. The predicted molar refractivity (Wildman–Crippen MR) is 93.1 cm³/mol. The van der Waals surface area contributed by atoms with Gasteiger partial charge in [-0.05, 0) is 61.0 Å². The van der Waals surface area contributed by atoms with Crippen molar-refractivity contribution in [1.29, 1.82) is 0 Å². The van der Waals surface area contributed by atoms with Crippen LogP contribution in [0.25, 0.3) is 0 Å². The Kier molecular flexibility index (Phi) is 4.32. The molecule has 1 heterocycles. The number of urea groups is 1. The van der Waals surface area contributed by atoms with Crippen molar-refractivity contribution in [2.45, 2.75) is 17.9 Å². The van der Waals surface area contributed by atoms with Crippen molar-refractivity contribution >= 4 is 27.5 Å². The summed E-state index contributed by atoms with van der Waals surface area (Å²) in [6.07, 6.45) is 0. The number of nitrogens with zero attached hydrogens (tertiary/aromatic N) is 2. The van der Waals surface area contributed by atoms with Crippen molar-refractivity contribution < 1.29 is 22.5 Å². The van der Waals surface area contributed by atoms with E-state index in [0.29, 0.717) is 17.1 Å². The van der Waals surface area contributed by atoms with Crippen LogP contribution in [0.15, 0.2) is 58.4 Å². The van der Waals surface area contributed by atoms with Crippen molar-refractivity contribution in [2.24, 2.45) is 4.99 Å². The van der Waals surface area contributed by atoms with Crippen LogP contribution in [0.5, 0.6) is 5.75 Å². The van der Waals surface area contributed by atoms with Crippen LogP contribution in [-0.2, 0) is 10.1 Å². The van der Waals surface area contributed by atoms with E-state index >= 15 is 0 Å². The lowest BCUT2D eigenvalue weighted by Crippen LogP contribution is -2.35. The minimum atomic E-state index is -4.27. The Labute approximate surface area is 145 Å². The third kappa shape index (κ3) is 3.26. The second kappa shape index (κ2) is 6.30. The molecular formula is C17H16N2O5S. The Morgan fingerprint density at radius 3 is 2.20 bits per heavy atom. The molecule has 8 heteroatoms. The zero-order chi connectivity index (χ0) is 18.2. The van der Waals surface area contributed by atoms with Gasteiger partial charge in [-0.25, -0.2) is 4.79 Å². The number of amides is 2. The first-order chi connectivity index (χ1) is 11.8. The third-order valence-corrected chi connectivity index (χ3v) is 4.87. The van der Waals surface area contributed by atoms with Gasteiger partial charge in [-0.2, -0.15) is 13.4 Å². The molecule has 0 spiro atoms. The second-order valence-electron chi connectivity index (χ2n) is 5.52. The van der Waals surface area contributed by atoms with Crippen LogP contribution in [0.1, 0.15) is 12.5 Å². The number of anilines is 1. The molecule has 0 bridgehead atoms. The van der Waals surface area contributed by atoms with Gasteiger partial charge in [-0.3, -0.25) is 9.45 Å². The summed E-state index contributed by atoms with van der Waals surface area (Å²) in [4.78, 5) is 17.7. The van der Waals surface area contributed by atoms with Crippen LogP contribution >= 0.6 is 0 Å². The lowest BCUT2D eigenvalue weighted by Gasteiger charge is -2.22. The molecule has 2 aromatic rings. The average Bonchev–Trinajstić information content (AvgIpc) is 2.89. The maximum absolute atomic E-state index is 12.3. The molecule has 0 aliphatic carbocycles. The van der Waals surface area contributed by atoms with Crippen LogP contribution < -0.4 is 9.64 Å². The van der Waals surface area contributed by atoms with Crippen LogP contribution in [0.2, 0.25) is 0 Å². The average molecular weight is 360 g/mol. The number of aliphatic imine (C=N–C) groups is 1. The van der Waals surface area contributed by atoms with Gasteiger partial charge in [0.25, 0.3) is 10.1 Å². The highest BCUT2D eigenvalue weighted by Crippen LogP contribution is 2.27. The summed E-state index contributed by atoms with van der Waals surface area (Å²) in [6.45, 7) is 1.84. The highest BCUT2D eigenvalue weighted by molar-refractivity contribution is 7.85. The number of hydrogen-bond acceptors (Lipinski definition) is 4. The molecule has 2 aromatic carbocycles. The van der Waals surface area contributed by atoms with E-state index in [-0.39, 0.29) is 10.9 Å². The third-order valence-electron chi connectivity index (χ3n) is 4.00. The molecule has 1 atom stereocenters. The SMILES string of the molecule is COc1ccc(C2=NC(=O)N(c3ccc(S(=O)(=O)O)cc3)C2C)cc1. The molecule has 130 valence electrons. The molecule has 25 heavy (non-hydrogen) atoms. The molecule has 1 aliphatic heterocycles. The topological polar surface area (TPSA) is 96.3 Å². The molecule has 1 N–H and O–H groups in total. The summed E-state index contributed by atoms with van der Waals surface area (Å²) < 4.78 is 36.4. The fourth-order valence-corrected chi connectivity index (χ4v) is 3.20. The number of hydrogen-bond donors (Lipinski definition) is 1. The monoisotopic (exact) mass is 360 g/mol. The fourth-order valence-electron chi connectivity index (χ4n) is 2.72. The first-order valence-corrected chi connectivity index (χ1v) is 8.89. The first-order valence-electron chi connectivity index (χ1n) is 7.45. The van der Waals surface area contributed by atoms with E-state index in [0.717, 1.165) is 5.56 Å². The standard InChI is InChI=1S/C17H16N2O5S/c1-11-16(12-3-7-14(24-2)8-4-12)18-17(20)19(11)13-5-9-15(10-6-13)25(21,22)23/h3-11H,1-2H3,(H,21,22,23). The van der Waals surface area contributed by atoms with Gasteiger partial charge in [0.15, 0.2) is 0 Å². The quantitative estimate of drug-likeness (QED) is 0.846. The zero-order valence-electron chi connectivity index (χ0n) is 13.6. The predicted octanol–water partition coefficient (Wildman–Crippen LogP) is 2.76. The summed E-state index contributed by atoms with van der Waals surface area (Å²) in [5.41, 5.74) is 1.92. The maximum Gasteiger partial charge on any atom is 0.348 e. The number of rotatable bonds is 4. The van der Waals surface area contributed by atoms with Crippen LogP contribution in [0.4, 0.5) is 10.5 Å². The van der Waals surface area contributed by atoms with Crippen molar-refractivity contribution in [3.05, 3.63) is 54.1 Å². The normalized spacial score (nSPS) is 17.6. The summed E-state index contributed by atoms with van der Waals surface area (Å²) in [5, 5.41) is 0. The van der Waals surface area contributed by atoms with Gasteiger partial charge < -0.3 is 4.74 Å². The summed E-state index contributed by atoms with van der Waals surface area (Å²) in [7, 11) is -2.70. The van der Waals surface area contributed by atoms with E-state index in [4.69, 9.17) is 9.29 Å². The molecule has 7 nitrogen and oxygen atoms in total. The van der Waals surface area contributed by atoms with Crippen LogP contribution in [0.3, 0.4) is 0 Å². The van der Waals surface area contributed by atoms with Crippen LogP contribution in [0, 0.1) is 0 Å². The number of carbonyl (C=O) groups is 1. The van der Waals surface area contributed by atoms with Gasteiger partial charge in [-0.15, -0.1) is 0 Å². The first kappa shape index (κ1) is 17.1. The zero-order valence-corrected chi connectivity index (χ0v) is 14.4. The summed E-state index contributed by atoms with van der Waals surface area (Å²) >= 11 is 0. The Morgan fingerprint density at radius 2 is 1.68 bits per heavy atom. The van der Waals surface area contributed by atoms with E-state index in [9.17, 15) is 13.2 Å². The van der Waals surface area contributed by atoms with Crippen molar-refractivity contribution in [2.75, 3.05) is 12.0 Å². The Hall–Kier alpha value is -2.71. The number of benzene rings is 2. The van der Waals surface area contributed by atoms with E-state index in [1.54, 1.807) is 19.2 Å². The minimum Gasteiger partial charge on any atom is -0.497 e. The van der Waals surface area contributed by atoms with Gasteiger partial charge in [0.1, 0.15) is 5.75 Å². The molecule has 1 unspecified atom stereocenters. The van der Waals surface area contributed by atoms with E-state index in [1.807, 2.05) is 19.1 Å². The van der Waals surface area contributed by atoms with Gasteiger partial charge >= 0.3 is 6.03 Å². The Morgan fingerprint density at radius 1 is 1.08 bits per heavy atom. The molecule has 1 aliphatic rings. The molecule has 0 saturated carbocycles. The van der Waals surface area contributed by atoms with Gasteiger partial charge in [0.05, 0.1) is 23.8 Å². The van der Waals surface area contributed by atoms with Gasteiger partial charge in [-0.1, -0.05) is 0 Å². The number of ether oxygens (including phenoxy) is 1. The van der Waals surface area contributed by atoms with Crippen molar-refractivity contribution in [3.63, 3.8) is 0 Å². The molecule has 0 radical (unpaired) electrons. The van der Waals surface area contributed by atoms with E-state index < -0.39 is 16.1 Å². The van der Waals surface area contributed by atoms with E-state index in [2.05, 4.69) is 4.99 Å². The molecule has 0 fully saturated rings. The lowest BCUT2D eigenvalue weighted by atomic mass is 10.0. The molecule has 3 rings (SSSR count). The molecular weight excluding hydrogens is 344 g/mol. The van der Waals surface area contributed by atoms with Crippen LogP contribution in [-0.4, -0.2) is 37.9 Å². The number of carbonyl (C=O) groups excluding carboxylic acids is 1. The lowest BCUT2D eigenvalue weighted by molar-refractivity contribution is 0.255. The summed E-state index contributed by atoms with van der Waals surface area (Å²) in [5.74, 6) is 0.707. The van der Waals surface area contributed by atoms with Crippen molar-refractivity contribution in [1.82, 2.24) is 0 Å². The van der Waals surface area contributed by atoms with E-state index in [1.165, 1.54) is 29.2 Å². The summed E-state index contributed by atoms with van der Waals surface area (Å²) in [6, 6.07) is 11.9. The second-order valence-corrected chi connectivity index (χ2v) is 6.94. The Balaban J connectivity index is 1.89.